The van der Waals surface area contributed by atoms with Gasteiger partial charge in [0.1, 0.15) is 0 Å². The van der Waals surface area contributed by atoms with Crippen LogP contribution in [-0.4, -0.2) is 28.5 Å². The van der Waals surface area contributed by atoms with Crippen LogP contribution in [0.4, 0.5) is 5.69 Å². The molecule has 2 aromatic rings. The maximum Gasteiger partial charge on any atom is 0.262 e. The number of fused-ring (bicyclic) bond motifs is 1. The van der Waals surface area contributed by atoms with E-state index in [4.69, 9.17) is 0 Å². The molecule has 1 aliphatic heterocycles. The maximum absolute atomic E-state index is 12.5. The summed E-state index contributed by atoms with van der Waals surface area (Å²) < 4.78 is 0. The summed E-state index contributed by atoms with van der Waals surface area (Å²) in [5, 5.41) is 3.01. The Morgan fingerprint density at radius 2 is 1.64 bits per heavy atom. The second kappa shape index (κ2) is 8.19. The lowest BCUT2D eigenvalue weighted by molar-refractivity contribution is -0.120. The monoisotopic (exact) mass is 394 g/mol. The summed E-state index contributed by atoms with van der Waals surface area (Å²) in [6, 6.07) is 14.4. The van der Waals surface area contributed by atoms with E-state index < -0.39 is 0 Å². The molecule has 3 amide bonds. The lowest BCUT2D eigenvalue weighted by atomic mass is 9.88. The zero-order valence-electron chi connectivity index (χ0n) is 15.5. The van der Waals surface area contributed by atoms with E-state index in [0.717, 1.165) is 36.3 Å². The highest BCUT2D eigenvalue weighted by Crippen LogP contribution is 2.29. The quantitative estimate of drug-likeness (QED) is 0.597. The highest BCUT2D eigenvalue weighted by molar-refractivity contribution is 7.99. The van der Waals surface area contributed by atoms with Gasteiger partial charge in [0.2, 0.25) is 5.91 Å². The van der Waals surface area contributed by atoms with Gasteiger partial charge in [-0.25, -0.2) is 0 Å². The Bertz CT molecular complexity index is 887. The Balaban J connectivity index is 1.38. The molecule has 1 heterocycles. The van der Waals surface area contributed by atoms with E-state index in [2.05, 4.69) is 5.32 Å². The van der Waals surface area contributed by atoms with Gasteiger partial charge in [-0.2, -0.15) is 0 Å². The van der Waals surface area contributed by atoms with Gasteiger partial charge < -0.3 is 5.32 Å². The summed E-state index contributed by atoms with van der Waals surface area (Å²) in [5.41, 5.74) is 1.67. The Labute approximate surface area is 168 Å². The molecule has 144 valence electrons. The van der Waals surface area contributed by atoms with Crippen LogP contribution in [0.5, 0.6) is 0 Å². The molecule has 1 aliphatic carbocycles. The van der Waals surface area contributed by atoms with E-state index in [1.54, 1.807) is 24.3 Å². The number of thioether (sulfide) groups is 1. The largest absolute Gasteiger partial charge is 0.326 e. The third kappa shape index (κ3) is 3.83. The van der Waals surface area contributed by atoms with Crippen molar-refractivity contribution in [1.82, 2.24) is 4.90 Å². The van der Waals surface area contributed by atoms with E-state index in [9.17, 15) is 14.4 Å². The van der Waals surface area contributed by atoms with Crippen molar-refractivity contribution in [3.63, 3.8) is 0 Å². The molecular formula is C22H22N2O3S. The molecule has 0 unspecified atom stereocenters. The van der Waals surface area contributed by atoms with Crippen LogP contribution in [0.25, 0.3) is 0 Å². The number of carbonyl (C=O) groups is 3. The maximum atomic E-state index is 12.5. The van der Waals surface area contributed by atoms with Gasteiger partial charge in [-0.3, -0.25) is 19.3 Å². The first kappa shape index (κ1) is 18.7. The summed E-state index contributed by atoms with van der Waals surface area (Å²) in [4.78, 5) is 39.5. The number of carbonyl (C=O) groups excluding carboxylic acids is 3. The van der Waals surface area contributed by atoms with E-state index in [1.165, 1.54) is 23.1 Å². The minimum absolute atomic E-state index is 0.0854. The third-order valence-corrected chi connectivity index (χ3v) is 6.29. The van der Waals surface area contributed by atoms with Crippen LogP contribution in [0, 0.1) is 5.92 Å². The standard InChI is InChI=1S/C22H22N2O3S/c25-20(15-7-2-1-3-8-15)23-16-9-6-10-17(13-16)28-14-24-21(26)18-11-4-5-12-19(18)22(24)27/h4-6,9-13,15H,1-3,7-8,14H2,(H,23,25). The van der Waals surface area contributed by atoms with Crippen LogP contribution in [0.1, 0.15) is 52.8 Å². The average Bonchev–Trinajstić information content (AvgIpc) is 2.98. The summed E-state index contributed by atoms with van der Waals surface area (Å²) >= 11 is 1.41. The molecule has 0 aromatic heterocycles. The Hall–Kier alpha value is -2.60. The molecule has 0 atom stereocenters. The van der Waals surface area contributed by atoms with Gasteiger partial charge in [0.25, 0.3) is 11.8 Å². The van der Waals surface area contributed by atoms with Gasteiger partial charge in [-0.1, -0.05) is 37.5 Å². The average molecular weight is 394 g/mol. The second-order valence-corrected chi connectivity index (χ2v) is 8.23. The van der Waals surface area contributed by atoms with Gasteiger partial charge in [-0.05, 0) is 43.2 Å². The van der Waals surface area contributed by atoms with E-state index in [-0.39, 0.29) is 29.5 Å². The third-order valence-electron chi connectivity index (χ3n) is 5.32. The van der Waals surface area contributed by atoms with Crippen LogP contribution in [0.3, 0.4) is 0 Å². The fourth-order valence-corrected chi connectivity index (χ4v) is 4.67. The predicted octanol–water partition coefficient (Wildman–Crippen LogP) is 4.55. The Morgan fingerprint density at radius 1 is 0.964 bits per heavy atom. The molecule has 0 spiro atoms. The lowest BCUT2D eigenvalue weighted by Crippen LogP contribution is -2.29. The van der Waals surface area contributed by atoms with Crippen molar-refractivity contribution in [1.29, 1.82) is 0 Å². The molecular weight excluding hydrogens is 372 g/mol. The molecule has 1 fully saturated rings. The number of nitrogens with zero attached hydrogens (tertiary/aromatic N) is 1. The second-order valence-electron chi connectivity index (χ2n) is 7.21. The summed E-state index contributed by atoms with van der Waals surface area (Å²) in [5.74, 6) is -0.0813. The highest BCUT2D eigenvalue weighted by Gasteiger charge is 2.34. The van der Waals surface area contributed by atoms with Crippen molar-refractivity contribution < 1.29 is 14.4 Å². The minimum atomic E-state index is -0.255. The van der Waals surface area contributed by atoms with Gasteiger partial charge >= 0.3 is 0 Å². The molecule has 28 heavy (non-hydrogen) atoms. The SMILES string of the molecule is O=C(Nc1cccc(SCN2C(=O)c3ccccc3C2=O)c1)C1CCCCC1. The van der Waals surface area contributed by atoms with Crippen molar-refractivity contribution in [3.8, 4) is 0 Å². The van der Waals surface area contributed by atoms with E-state index >= 15 is 0 Å². The van der Waals surface area contributed by atoms with Crippen LogP contribution in [0.15, 0.2) is 53.4 Å². The summed E-state index contributed by atoms with van der Waals surface area (Å²) in [6.07, 6.45) is 5.37. The highest BCUT2D eigenvalue weighted by atomic mass is 32.2. The molecule has 0 saturated heterocycles. The molecule has 0 bridgehead atoms. The first-order chi connectivity index (χ1) is 13.6. The molecule has 0 radical (unpaired) electrons. The molecule has 2 aromatic carbocycles. The van der Waals surface area contributed by atoms with Crippen molar-refractivity contribution in [2.24, 2.45) is 5.92 Å². The topological polar surface area (TPSA) is 66.5 Å². The number of benzene rings is 2. The minimum Gasteiger partial charge on any atom is -0.326 e. The fraction of sp³-hybridized carbons (Fsp3) is 0.318. The van der Waals surface area contributed by atoms with Crippen LogP contribution < -0.4 is 5.32 Å². The number of rotatable bonds is 5. The van der Waals surface area contributed by atoms with E-state index in [0.29, 0.717) is 11.1 Å². The molecule has 1 N–H and O–H groups in total. The summed E-state index contributed by atoms with van der Waals surface area (Å²) in [7, 11) is 0. The first-order valence-electron chi connectivity index (χ1n) is 9.62. The number of anilines is 1. The molecule has 1 saturated carbocycles. The number of hydrogen-bond acceptors (Lipinski definition) is 4. The fourth-order valence-electron chi connectivity index (χ4n) is 3.77. The number of amides is 3. The van der Waals surface area contributed by atoms with Crippen molar-refractivity contribution in [2.75, 3.05) is 11.2 Å². The smallest absolute Gasteiger partial charge is 0.262 e. The number of imide groups is 1. The zero-order chi connectivity index (χ0) is 19.5. The zero-order valence-corrected chi connectivity index (χ0v) is 16.3. The predicted molar refractivity (Wildman–Crippen MR) is 109 cm³/mol. The van der Waals surface area contributed by atoms with Gasteiger partial charge in [0, 0.05) is 16.5 Å². The van der Waals surface area contributed by atoms with Gasteiger partial charge in [0.15, 0.2) is 0 Å². The first-order valence-corrected chi connectivity index (χ1v) is 10.6. The molecule has 2 aliphatic rings. The molecule has 6 heteroatoms. The Kier molecular flexibility index (Phi) is 5.48. The van der Waals surface area contributed by atoms with Crippen molar-refractivity contribution >= 4 is 35.2 Å². The lowest BCUT2D eigenvalue weighted by Gasteiger charge is -2.21. The van der Waals surface area contributed by atoms with Gasteiger partial charge in [0.05, 0.1) is 17.0 Å². The molecule has 4 rings (SSSR count). The van der Waals surface area contributed by atoms with Crippen LogP contribution >= 0.6 is 11.8 Å². The normalized spacial score (nSPS) is 16.9. The van der Waals surface area contributed by atoms with Gasteiger partial charge in [-0.15, -0.1) is 11.8 Å². The molecule has 5 nitrogen and oxygen atoms in total. The van der Waals surface area contributed by atoms with Crippen molar-refractivity contribution in [3.05, 3.63) is 59.7 Å². The number of hydrogen-bond donors (Lipinski definition) is 1. The van der Waals surface area contributed by atoms with Crippen LogP contribution in [-0.2, 0) is 4.79 Å². The number of nitrogens with one attached hydrogen (secondary N) is 1. The summed E-state index contributed by atoms with van der Waals surface area (Å²) in [6.45, 7) is 0. The Morgan fingerprint density at radius 3 is 2.32 bits per heavy atom. The van der Waals surface area contributed by atoms with Crippen LogP contribution in [0.2, 0.25) is 0 Å². The van der Waals surface area contributed by atoms with Crippen molar-refractivity contribution in [2.45, 2.75) is 37.0 Å². The van der Waals surface area contributed by atoms with E-state index in [1.807, 2.05) is 24.3 Å².